The summed E-state index contributed by atoms with van der Waals surface area (Å²) in [7, 11) is 2.09. The summed E-state index contributed by atoms with van der Waals surface area (Å²) in [6.07, 6.45) is 0.981. The molecule has 0 aromatic carbocycles. The van der Waals surface area contributed by atoms with Gasteiger partial charge in [0.2, 0.25) is 0 Å². The van der Waals surface area contributed by atoms with E-state index in [0.717, 1.165) is 35.3 Å². The van der Waals surface area contributed by atoms with Crippen molar-refractivity contribution >= 4 is 27.8 Å². The van der Waals surface area contributed by atoms with E-state index in [4.69, 9.17) is 4.98 Å². The molecule has 0 aliphatic carbocycles. The Labute approximate surface area is 135 Å². The molecule has 0 aliphatic heterocycles. The van der Waals surface area contributed by atoms with Crippen LogP contribution >= 0.6 is 22.7 Å². The van der Waals surface area contributed by atoms with E-state index in [1.807, 2.05) is 6.92 Å². The van der Waals surface area contributed by atoms with Crippen LogP contribution in [0.15, 0.2) is 5.38 Å². The first-order valence-corrected chi connectivity index (χ1v) is 9.03. The monoisotopic (exact) mass is 324 g/mol. The fourth-order valence-electron chi connectivity index (χ4n) is 2.04. The summed E-state index contributed by atoms with van der Waals surface area (Å²) < 4.78 is 0. The van der Waals surface area contributed by atoms with Crippen molar-refractivity contribution in [2.45, 2.75) is 53.2 Å². The summed E-state index contributed by atoms with van der Waals surface area (Å²) >= 11 is 3.49. The second-order valence-electron chi connectivity index (χ2n) is 5.47. The Bertz CT molecular complexity index is 574. The van der Waals surface area contributed by atoms with Crippen LogP contribution in [0, 0.1) is 6.92 Å². The predicted molar refractivity (Wildman–Crippen MR) is 92.4 cm³/mol. The first-order valence-electron chi connectivity index (χ1n) is 7.33. The number of anilines is 1. The lowest BCUT2D eigenvalue weighted by Gasteiger charge is -2.13. The molecule has 6 heteroatoms. The lowest BCUT2D eigenvalue weighted by molar-refractivity contribution is 0.590. The summed E-state index contributed by atoms with van der Waals surface area (Å²) in [5, 5.41) is 7.81. The van der Waals surface area contributed by atoms with Crippen molar-refractivity contribution < 1.29 is 0 Å². The maximum absolute atomic E-state index is 4.79. The number of aryl methyl sites for hydroxylation is 2. The van der Waals surface area contributed by atoms with Crippen LogP contribution in [0.2, 0.25) is 0 Å². The molecule has 21 heavy (non-hydrogen) atoms. The molecule has 0 saturated carbocycles. The maximum Gasteiger partial charge on any atom is 0.185 e. The molecule has 0 spiro atoms. The Balaban J connectivity index is 2.08. The Morgan fingerprint density at radius 2 is 2.10 bits per heavy atom. The van der Waals surface area contributed by atoms with Crippen molar-refractivity contribution in [3.05, 3.63) is 26.7 Å². The topological polar surface area (TPSA) is 41.1 Å². The quantitative estimate of drug-likeness (QED) is 0.845. The van der Waals surface area contributed by atoms with Crippen LogP contribution in [0.5, 0.6) is 0 Å². The molecule has 2 rings (SSSR count). The van der Waals surface area contributed by atoms with E-state index in [1.165, 1.54) is 10.6 Å². The standard InChI is InChI=1S/C15H24N4S2/c1-6-13-14(7-16-10(2)3)21-15(18-13)19(5)8-12-9-20-11(4)17-12/h9-10,16H,6-8H2,1-5H3. The predicted octanol–water partition coefficient (Wildman–Crippen LogP) is 3.60. The van der Waals surface area contributed by atoms with Crippen LogP contribution in [0.25, 0.3) is 0 Å². The molecular weight excluding hydrogens is 300 g/mol. The van der Waals surface area contributed by atoms with Gasteiger partial charge in [0.05, 0.1) is 22.9 Å². The molecule has 0 fully saturated rings. The Morgan fingerprint density at radius 3 is 2.67 bits per heavy atom. The zero-order chi connectivity index (χ0) is 15.4. The van der Waals surface area contributed by atoms with Gasteiger partial charge in [0, 0.05) is 29.9 Å². The summed E-state index contributed by atoms with van der Waals surface area (Å²) in [4.78, 5) is 12.9. The van der Waals surface area contributed by atoms with Gasteiger partial charge in [0.25, 0.3) is 0 Å². The third kappa shape index (κ3) is 4.49. The lowest BCUT2D eigenvalue weighted by atomic mass is 10.3. The number of hydrogen-bond acceptors (Lipinski definition) is 6. The number of thiazole rings is 2. The van der Waals surface area contributed by atoms with Gasteiger partial charge in [-0.25, -0.2) is 9.97 Å². The molecular formula is C15H24N4S2. The van der Waals surface area contributed by atoms with Crippen molar-refractivity contribution in [1.29, 1.82) is 0 Å². The molecule has 4 nitrogen and oxygen atoms in total. The van der Waals surface area contributed by atoms with Crippen LogP contribution in [-0.4, -0.2) is 23.1 Å². The maximum atomic E-state index is 4.79. The van der Waals surface area contributed by atoms with Gasteiger partial charge < -0.3 is 10.2 Å². The minimum Gasteiger partial charge on any atom is -0.345 e. The largest absolute Gasteiger partial charge is 0.345 e. The summed E-state index contributed by atoms with van der Waals surface area (Å²) in [5.41, 5.74) is 2.33. The van der Waals surface area contributed by atoms with E-state index < -0.39 is 0 Å². The van der Waals surface area contributed by atoms with Crippen LogP contribution in [0.3, 0.4) is 0 Å². The van der Waals surface area contributed by atoms with Crippen molar-refractivity contribution in [2.75, 3.05) is 11.9 Å². The van der Waals surface area contributed by atoms with Gasteiger partial charge in [-0.2, -0.15) is 0 Å². The minimum absolute atomic E-state index is 0.496. The van der Waals surface area contributed by atoms with Crippen LogP contribution in [-0.2, 0) is 19.5 Å². The zero-order valence-electron chi connectivity index (χ0n) is 13.4. The first-order chi connectivity index (χ1) is 9.99. The zero-order valence-corrected chi connectivity index (χ0v) is 15.1. The summed E-state index contributed by atoms with van der Waals surface area (Å²) in [5.74, 6) is 0. The first kappa shape index (κ1) is 16.4. The molecule has 2 heterocycles. The van der Waals surface area contributed by atoms with Crippen molar-refractivity contribution in [3.8, 4) is 0 Å². The Hall–Kier alpha value is -0.980. The fourth-order valence-corrected chi connectivity index (χ4v) is 3.70. The van der Waals surface area contributed by atoms with Gasteiger partial charge in [-0.15, -0.1) is 22.7 Å². The number of aromatic nitrogens is 2. The van der Waals surface area contributed by atoms with E-state index in [0.29, 0.717) is 6.04 Å². The average Bonchev–Trinajstić information content (AvgIpc) is 3.02. The molecule has 0 unspecified atom stereocenters. The van der Waals surface area contributed by atoms with Gasteiger partial charge in [0.15, 0.2) is 5.13 Å². The van der Waals surface area contributed by atoms with Crippen molar-refractivity contribution in [2.24, 2.45) is 0 Å². The normalized spacial score (nSPS) is 11.3. The number of hydrogen-bond donors (Lipinski definition) is 1. The summed E-state index contributed by atoms with van der Waals surface area (Å²) in [6, 6.07) is 0.496. The molecule has 0 atom stereocenters. The van der Waals surface area contributed by atoms with E-state index in [1.54, 1.807) is 22.7 Å². The van der Waals surface area contributed by atoms with E-state index in [-0.39, 0.29) is 0 Å². The third-order valence-corrected chi connectivity index (χ3v) is 5.20. The van der Waals surface area contributed by atoms with Gasteiger partial charge in [0.1, 0.15) is 0 Å². The highest BCUT2D eigenvalue weighted by atomic mass is 32.1. The van der Waals surface area contributed by atoms with Gasteiger partial charge >= 0.3 is 0 Å². The van der Waals surface area contributed by atoms with Gasteiger partial charge in [-0.3, -0.25) is 0 Å². The highest BCUT2D eigenvalue weighted by Gasteiger charge is 2.14. The number of rotatable bonds is 7. The van der Waals surface area contributed by atoms with Crippen LogP contribution in [0.1, 0.15) is 42.0 Å². The van der Waals surface area contributed by atoms with E-state index in [2.05, 4.69) is 48.4 Å². The van der Waals surface area contributed by atoms with E-state index in [9.17, 15) is 0 Å². The van der Waals surface area contributed by atoms with Crippen LogP contribution < -0.4 is 10.2 Å². The molecule has 116 valence electrons. The van der Waals surface area contributed by atoms with Crippen LogP contribution in [0.4, 0.5) is 5.13 Å². The SMILES string of the molecule is CCc1nc(N(C)Cc2csc(C)n2)sc1CNC(C)C. The van der Waals surface area contributed by atoms with E-state index >= 15 is 0 Å². The highest BCUT2D eigenvalue weighted by Crippen LogP contribution is 2.27. The molecule has 2 aromatic heterocycles. The highest BCUT2D eigenvalue weighted by molar-refractivity contribution is 7.15. The van der Waals surface area contributed by atoms with Crippen molar-refractivity contribution in [3.63, 3.8) is 0 Å². The van der Waals surface area contributed by atoms with Gasteiger partial charge in [-0.1, -0.05) is 20.8 Å². The average molecular weight is 325 g/mol. The Morgan fingerprint density at radius 1 is 1.33 bits per heavy atom. The molecule has 0 amide bonds. The van der Waals surface area contributed by atoms with Gasteiger partial charge in [-0.05, 0) is 13.3 Å². The second kappa shape index (κ2) is 7.33. The third-order valence-electron chi connectivity index (χ3n) is 3.17. The molecule has 1 N–H and O–H groups in total. The minimum atomic E-state index is 0.496. The second-order valence-corrected chi connectivity index (χ2v) is 7.59. The Kier molecular flexibility index (Phi) is 5.72. The van der Waals surface area contributed by atoms with Crippen molar-refractivity contribution in [1.82, 2.24) is 15.3 Å². The molecule has 0 radical (unpaired) electrons. The summed E-state index contributed by atoms with van der Waals surface area (Å²) in [6.45, 7) is 10.3. The fraction of sp³-hybridized carbons (Fsp3) is 0.600. The number of nitrogens with one attached hydrogen (secondary N) is 1. The molecule has 0 aliphatic rings. The smallest absolute Gasteiger partial charge is 0.185 e. The molecule has 0 saturated heterocycles. The molecule has 2 aromatic rings. The lowest BCUT2D eigenvalue weighted by Crippen LogP contribution is -2.21. The molecule has 0 bridgehead atoms. The number of nitrogens with zero attached hydrogens (tertiary/aromatic N) is 3.